The van der Waals surface area contributed by atoms with Crippen LogP contribution in [-0.2, 0) is 4.74 Å². The highest BCUT2D eigenvalue weighted by atomic mass is 35.5. The lowest BCUT2D eigenvalue weighted by Crippen LogP contribution is -2.28. The monoisotopic (exact) mass is 265 g/mol. The normalized spacial score (nSPS) is 22.2. The van der Waals surface area contributed by atoms with Crippen LogP contribution in [0.4, 0.5) is 0 Å². The Morgan fingerprint density at radius 2 is 2.22 bits per heavy atom. The highest BCUT2D eigenvalue weighted by molar-refractivity contribution is 6.31. The SMILES string of the molecule is NC(c1cc2cc(Cl)ccc2o1)C1CCCOC1. The molecule has 1 aliphatic heterocycles. The van der Waals surface area contributed by atoms with E-state index in [2.05, 4.69) is 0 Å². The maximum atomic E-state index is 6.26. The number of hydrogen-bond acceptors (Lipinski definition) is 3. The van der Waals surface area contributed by atoms with Gasteiger partial charge in [-0.05, 0) is 37.1 Å². The minimum atomic E-state index is -0.100. The van der Waals surface area contributed by atoms with E-state index in [1.54, 1.807) is 0 Å². The molecule has 0 aliphatic carbocycles. The fourth-order valence-electron chi connectivity index (χ4n) is 2.48. The first-order chi connectivity index (χ1) is 8.74. The van der Waals surface area contributed by atoms with Gasteiger partial charge in [0.15, 0.2) is 0 Å². The Hall–Kier alpha value is -1.03. The van der Waals surface area contributed by atoms with Gasteiger partial charge in [0, 0.05) is 22.9 Å². The topological polar surface area (TPSA) is 48.4 Å². The van der Waals surface area contributed by atoms with Crippen LogP contribution in [0.5, 0.6) is 0 Å². The van der Waals surface area contributed by atoms with Crippen LogP contribution in [0.25, 0.3) is 11.0 Å². The first kappa shape index (κ1) is 12.0. The van der Waals surface area contributed by atoms with Crippen molar-refractivity contribution in [3.05, 3.63) is 35.0 Å². The van der Waals surface area contributed by atoms with Crippen LogP contribution in [0.2, 0.25) is 5.02 Å². The van der Waals surface area contributed by atoms with Crippen LogP contribution < -0.4 is 5.73 Å². The first-order valence-corrected chi connectivity index (χ1v) is 6.64. The summed E-state index contributed by atoms with van der Waals surface area (Å²) in [6.07, 6.45) is 2.17. The number of furan rings is 1. The summed E-state index contributed by atoms with van der Waals surface area (Å²) in [5.41, 5.74) is 7.10. The van der Waals surface area contributed by atoms with Gasteiger partial charge in [-0.2, -0.15) is 0 Å². The van der Waals surface area contributed by atoms with E-state index in [-0.39, 0.29) is 6.04 Å². The van der Waals surface area contributed by atoms with Gasteiger partial charge in [0.2, 0.25) is 0 Å². The summed E-state index contributed by atoms with van der Waals surface area (Å²) in [5, 5.41) is 1.72. The average Bonchev–Trinajstić information content (AvgIpc) is 2.81. The highest BCUT2D eigenvalue weighted by Crippen LogP contribution is 2.31. The Balaban J connectivity index is 1.88. The molecule has 0 spiro atoms. The van der Waals surface area contributed by atoms with Gasteiger partial charge in [-0.25, -0.2) is 0 Å². The third-order valence-electron chi connectivity index (χ3n) is 3.53. The van der Waals surface area contributed by atoms with Crippen LogP contribution in [0, 0.1) is 5.92 Å². The van der Waals surface area contributed by atoms with Crippen molar-refractivity contribution in [2.24, 2.45) is 11.7 Å². The summed E-state index contributed by atoms with van der Waals surface area (Å²) < 4.78 is 11.3. The van der Waals surface area contributed by atoms with Crippen LogP contribution in [0.1, 0.15) is 24.6 Å². The molecule has 0 saturated carbocycles. The fourth-order valence-corrected chi connectivity index (χ4v) is 2.66. The van der Waals surface area contributed by atoms with Crippen molar-refractivity contribution in [2.45, 2.75) is 18.9 Å². The molecular weight excluding hydrogens is 250 g/mol. The molecule has 1 fully saturated rings. The van der Waals surface area contributed by atoms with Gasteiger partial charge in [-0.3, -0.25) is 0 Å². The third kappa shape index (κ3) is 2.26. The van der Waals surface area contributed by atoms with Crippen LogP contribution >= 0.6 is 11.6 Å². The van der Waals surface area contributed by atoms with Crippen LogP contribution in [0.15, 0.2) is 28.7 Å². The van der Waals surface area contributed by atoms with Crippen molar-refractivity contribution in [2.75, 3.05) is 13.2 Å². The molecule has 3 nitrogen and oxygen atoms in total. The molecule has 1 aliphatic rings. The van der Waals surface area contributed by atoms with Crippen molar-refractivity contribution >= 4 is 22.6 Å². The lowest BCUT2D eigenvalue weighted by molar-refractivity contribution is 0.0421. The van der Waals surface area contributed by atoms with E-state index in [9.17, 15) is 0 Å². The second-order valence-corrected chi connectivity index (χ2v) is 5.27. The van der Waals surface area contributed by atoms with Crippen LogP contribution in [-0.4, -0.2) is 13.2 Å². The maximum Gasteiger partial charge on any atom is 0.134 e. The minimum absolute atomic E-state index is 0.100. The van der Waals surface area contributed by atoms with Crippen molar-refractivity contribution in [3.8, 4) is 0 Å². The van der Waals surface area contributed by atoms with Crippen molar-refractivity contribution in [3.63, 3.8) is 0 Å². The Morgan fingerprint density at radius 3 is 3.00 bits per heavy atom. The number of benzene rings is 1. The zero-order valence-electron chi connectivity index (χ0n) is 10.1. The third-order valence-corrected chi connectivity index (χ3v) is 3.76. The molecule has 4 heteroatoms. The molecule has 0 bridgehead atoms. The highest BCUT2D eigenvalue weighted by Gasteiger charge is 2.25. The molecule has 2 heterocycles. The van der Waals surface area contributed by atoms with E-state index in [4.69, 9.17) is 26.5 Å². The van der Waals surface area contributed by atoms with E-state index in [1.807, 2.05) is 24.3 Å². The Kier molecular flexibility index (Phi) is 3.29. The Bertz CT molecular complexity index is 546. The summed E-state index contributed by atoms with van der Waals surface area (Å²) in [4.78, 5) is 0. The predicted octanol–water partition coefficient (Wildman–Crippen LogP) is 3.51. The largest absolute Gasteiger partial charge is 0.459 e. The molecule has 1 saturated heterocycles. The quantitative estimate of drug-likeness (QED) is 0.904. The smallest absolute Gasteiger partial charge is 0.134 e. The van der Waals surface area contributed by atoms with Gasteiger partial charge < -0.3 is 14.9 Å². The van der Waals surface area contributed by atoms with E-state index in [0.29, 0.717) is 10.9 Å². The van der Waals surface area contributed by atoms with E-state index in [1.165, 1.54) is 0 Å². The van der Waals surface area contributed by atoms with E-state index >= 15 is 0 Å². The molecule has 96 valence electrons. The molecule has 0 radical (unpaired) electrons. The minimum Gasteiger partial charge on any atom is -0.459 e. The number of fused-ring (bicyclic) bond motifs is 1. The van der Waals surface area contributed by atoms with Gasteiger partial charge in [0.1, 0.15) is 11.3 Å². The van der Waals surface area contributed by atoms with Crippen molar-refractivity contribution in [1.29, 1.82) is 0 Å². The van der Waals surface area contributed by atoms with Gasteiger partial charge in [0.25, 0.3) is 0 Å². The molecular formula is C14H16ClNO2. The van der Waals surface area contributed by atoms with Gasteiger partial charge in [-0.1, -0.05) is 11.6 Å². The van der Waals surface area contributed by atoms with Gasteiger partial charge >= 0.3 is 0 Å². The molecule has 1 aromatic heterocycles. The zero-order chi connectivity index (χ0) is 12.5. The number of hydrogen-bond donors (Lipinski definition) is 1. The number of rotatable bonds is 2. The summed E-state index contributed by atoms with van der Waals surface area (Å²) in [7, 11) is 0. The summed E-state index contributed by atoms with van der Waals surface area (Å²) in [6.45, 7) is 1.57. The molecule has 3 rings (SSSR count). The molecule has 1 aromatic carbocycles. The summed E-state index contributed by atoms with van der Waals surface area (Å²) >= 11 is 5.96. The van der Waals surface area contributed by atoms with Gasteiger partial charge in [0.05, 0.1) is 12.6 Å². The fraction of sp³-hybridized carbons (Fsp3) is 0.429. The second-order valence-electron chi connectivity index (χ2n) is 4.83. The summed E-state index contributed by atoms with van der Waals surface area (Å²) in [5.74, 6) is 1.16. The second kappa shape index (κ2) is 4.92. The maximum absolute atomic E-state index is 6.26. The van der Waals surface area contributed by atoms with Crippen molar-refractivity contribution in [1.82, 2.24) is 0 Å². The molecule has 2 aromatic rings. The van der Waals surface area contributed by atoms with Gasteiger partial charge in [-0.15, -0.1) is 0 Å². The standard InChI is InChI=1S/C14H16ClNO2/c15-11-3-4-12-10(6-11)7-13(18-12)14(16)9-2-1-5-17-8-9/h3-4,6-7,9,14H,1-2,5,8,16H2. The number of halogens is 1. The van der Waals surface area contributed by atoms with Crippen molar-refractivity contribution < 1.29 is 9.15 Å². The lowest BCUT2D eigenvalue weighted by Gasteiger charge is -2.26. The average molecular weight is 266 g/mol. The Labute approximate surface area is 111 Å². The first-order valence-electron chi connectivity index (χ1n) is 6.26. The van der Waals surface area contributed by atoms with Crippen LogP contribution in [0.3, 0.4) is 0 Å². The molecule has 18 heavy (non-hydrogen) atoms. The molecule has 2 unspecified atom stereocenters. The zero-order valence-corrected chi connectivity index (χ0v) is 10.8. The molecule has 2 N–H and O–H groups in total. The number of nitrogens with two attached hydrogens (primary N) is 1. The Morgan fingerprint density at radius 1 is 1.33 bits per heavy atom. The summed E-state index contributed by atoms with van der Waals surface area (Å²) in [6, 6.07) is 7.49. The molecule has 2 atom stereocenters. The van der Waals surface area contributed by atoms with E-state index in [0.717, 1.165) is 42.8 Å². The van der Waals surface area contributed by atoms with E-state index < -0.39 is 0 Å². The molecule has 0 amide bonds. The predicted molar refractivity (Wildman–Crippen MR) is 71.7 cm³/mol. The lowest BCUT2D eigenvalue weighted by atomic mass is 9.93. The number of ether oxygens (including phenoxy) is 1.